The zero-order valence-corrected chi connectivity index (χ0v) is 15.1. The van der Waals surface area contributed by atoms with Gasteiger partial charge in [0.1, 0.15) is 6.10 Å². The van der Waals surface area contributed by atoms with Crippen LogP contribution in [-0.2, 0) is 0 Å². The predicted molar refractivity (Wildman–Crippen MR) is 93.2 cm³/mol. The fraction of sp³-hybridized carbons (Fsp3) is 0.800. The average Bonchev–Trinajstić information content (AvgIpc) is 2.67. The Bertz CT molecular complexity index is 566. The number of fused-ring (bicyclic) bond motifs is 2. The van der Waals surface area contributed by atoms with Gasteiger partial charge in [0.05, 0.1) is 12.7 Å². The van der Waals surface area contributed by atoms with E-state index in [0.29, 0.717) is 0 Å². The SMILES string of the molecule is C[C@H](CO)[C@H]1[C@@H](O)[C@@H](O)C2=CC3=C(CO)CCC[C@@]3(C)CC[C@@]21C. The maximum Gasteiger partial charge on any atom is 0.102 e. The van der Waals surface area contributed by atoms with Gasteiger partial charge in [0.2, 0.25) is 0 Å². The zero-order chi connectivity index (χ0) is 17.7. The summed E-state index contributed by atoms with van der Waals surface area (Å²) < 4.78 is 0. The van der Waals surface area contributed by atoms with Crippen molar-refractivity contribution >= 4 is 0 Å². The van der Waals surface area contributed by atoms with Crippen LogP contribution in [-0.4, -0.2) is 45.8 Å². The summed E-state index contributed by atoms with van der Waals surface area (Å²) in [5.41, 5.74) is 2.88. The van der Waals surface area contributed by atoms with Crippen molar-refractivity contribution in [1.82, 2.24) is 0 Å². The summed E-state index contributed by atoms with van der Waals surface area (Å²) in [7, 11) is 0. The monoisotopic (exact) mass is 336 g/mol. The molecule has 0 aliphatic heterocycles. The van der Waals surface area contributed by atoms with Crippen molar-refractivity contribution < 1.29 is 20.4 Å². The molecule has 0 aromatic carbocycles. The van der Waals surface area contributed by atoms with Crippen LogP contribution in [0.2, 0.25) is 0 Å². The van der Waals surface area contributed by atoms with Gasteiger partial charge in [0, 0.05) is 12.5 Å². The van der Waals surface area contributed by atoms with Gasteiger partial charge in [-0.1, -0.05) is 26.8 Å². The molecule has 0 aromatic heterocycles. The molecule has 24 heavy (non-hydrogen) atoms. The molecule has 3 rings (SSSR count). The third kappa shape index (κ3) is 2.50. The Kier molecular flexibility index (Phi) is 4.71. The van der Waals surface area contributed by atoms with Crippen molar-refractivity contribution in [3.8, 4) is 0 Å². The molecule has 136 valence electrons. The Morgan fingerprint density at radius 3 is 2.50 bits per heavy atom. The van der Waals surface area contributed by atoms with Crippen molar-refractivity contribution in [2.75, 3.05) is 13.2 Å². The molecule has 4 heteroatoms. The van der Waals surface area contributed by atoms with Crippen molar-refractivity contribution in [2.45, 2.75) is 65.1 Å². The fourth-order valence-electron chi connectivity index (χ4n) is 5.71. The second-order valence-electron chi connectivity index (χ2n) is 8.73. The lowest BCUT2D eigenvalue weighted by Crippen LogP contribution is -2.37. The molecule has 0 spiro atoms. The van der Waals surface area contributed by atoms with Crippen molar-refractivity contribution in [3.63, 3.8) is 0 Å². The first-order valence-corrected chi connectivity index (χ1v) is 9.31. The molecule has 0 unspecified atom stereocenters. The van der Waals surface area contributed by atoms with Crippen LogP contribution in [0.25, 0.3) is 0 Å². The number of rotatable bonds is 3. The molecule has 4 N–H and O–H groups in total. The Hall–Kier alpha value is -0.680. The van der Waals surface area contributed by atoms with Gasteiger partial charge < -0.3 is 20.4 Å². The molecule has 0 radical (unpaired) electrons. The lowest BCUT2D eigenvalue weighted by molar-refractivity contribution is -0.0158. The van der Waals surface area contributed by atoms with Crippen LogP contribution < -0.4 is 0 Å². The number of hydrogen-bond donors (Lipinski definition) is 4. The lowest BCUT2D eigenvalue weighted by atomic mass is 9.65. The summed E-state index contributed by atoms with van der Waals surface area (Å²) in [6.07, 6.45) is 5.35. The van der Waals surface area contributed by atoms with Gasteiger partial charge in [-0.3, -0.25) is 0 Å². The Labute approximate surface area is 144 Å². The van der Waals surface area contributed by atoms with E-state index in [4.69, 9.17) is 0 Å². The molecule has 0 heterocycles. The van der Waals surface area contributed by atoms with Gasteiger partial charge in [-0.25, -0.2) is 0 Å². The first-order valence-electron chi connectivity index (χ1n) is 9.31. The minimum absolute atomic E-state index is 0.0131. The lowest BCUT2D eigenvalue weighted by Gasteiger charge is -2.39. The summed E-state index contributed by atoms with van der Waals surface area (Å²) >= 11 is 0. The van der Waals surface area contributed by atoms with E-state index in [-0.39, 0.29) is 35.9 Å². The molecule has 1 saturated carbocycles. The maximum atomic E-state index is 10.7. The maximum absolute atomic E-state index is 10.7. The highest BCUT2D eigenvalue weighted by molar-refractivity contribution is 5.44. The number of allylic oxidation sites excluding steroid dienone is 2. The average molecular weight is 336 g/mol. The van der Waals surface area contributed by atoms with Gasteiger partial charge in [0.15, 0.2) is 0 Å². The highest BCUT2D eigenvalue weighted by atomic mass is 16.3. The Morgan fingerprint density at radius 2 is 1.88 bits per heavy atom. The summed E-state index contributed by atoms with van der Waals surface area (Å²) in [4.78, 5) is 0. The van der Waals surface area contributed by atoms with Crippen LogP contribution >= 0.6 is 0 Å². The van der Waals surface area contributed by atoms with E-state index >= 15 is 0 Å². The van der Waals surface area contributed by atoms with E-state index in [1.807, 2.05) is 6.92 Å². The number of hydrogen-bond acceptors (Lipinski definition) is 4. The van der Waals surface area contributed by atoms with Crippen LogP contribution in [0.1, 0.15) is 52.9 Å². The highest BCUT2D eigenvalue weighted by Gasteiger charge is 2.56. The molecule has 0 aromatic rings. The van der Waals surface area contributed by atoms with Crippen molar-refractivity contribution in [3.05, 3.63) is 22.8 Å². The highest BCUT2D eigenvalue weighted by Crippen LogP contribution is 2.59. The summed E-state index contributed by atoms with van der Waals surface area (Å²) in [5, 5.41) is 40.9. The molecule has 6 atom stereocenters. The van der Waals surface area contributed by atoms with E-state index in [1.165, 1.54) is 5.57 Å². The minimum atomic E-state index is -0.884. The third-order valence-electron chi connectivity index (χ3n) is 7.23. The summed E-state index contributed by atoms with van der Waals surface area (Å²) in [5.74, 6) is -0.213. The molecule has 3 aliphatic rings. The van der Waals surface area contributed by atoms with Crippen LogP contribution in [0.4, 0.5) is 0 Å². The van der Waals surface area contributed by atoms with Crippen molar-refractivity contribution in [2.24, 2.45) is 22.7 Å². The normalized spacial score (nSPS) is 43.8. The fourth-order valence-corrected chi connectivity index (χ4v) is 5.71. The quantitative estimate of drug-likeness (QED) is 0.637. The van der Waals surface area contributed by atoms with Crippen LogP contribution in [0, 0.1) is 22.7 Å². The predicted octanol–water partition coefficient (Wildman–Crippen LogP) is 2.17. The topological polar surface area (TPSA) is 80.9 Å². The Morgan fingerprint density at radius 1 is 1.17 bits per heavy atom. The molecule has 0 saturated heterocycles. The molecule has 0 amide bonds. The van der Waals surface area contributed by atoms with E-state index < -0.39 is 12.2 Å². The first kappa shape index (κ1) is 18.1. The zero-order valence-electron chi connectivity index (χ0n) is 15.1. The van der Waals surface area contributed by atoms with E-state index in [2.05, 4.69) is 19.9 Å². The van der Waals surface area contributed by atoms with E-state index in [0.717, 1.165) is 43.3 Å². The first-order chi connectivity index (χ1) is 11.3. The van der Waals surface area contributed by atoms with E-state index in [9.17, 15) is 20.4 Å². The van der Waals surface area contributed by atoms with Crippen LogP contribution in [0.3, 0.4) is 0 Å². The molecule has 1 fully saturated rings. The van der Waals surface area contributed by atoms with Crippen LogP contribution in [0.15, 0.2) is 22.8 Å². The number of aliphatic hydroxyl groups excluding tert-OH is 4. The van der Waals surface area contributed by atoms with Gasteiger partial charge in [0.25, 0.3) is 0 Å². The van der Waals surface area contributed by atoms with Gasteiger partial charge in [-0.15, -0.1) is 0 Å². The molecular formula is C20H32O4. The van der Waals surface area contributed by atoms with Gasteiger partial charge in [-0.2, -0.15) is 0 Å². The standard InChI is InChI=1S/C20H32O4/c1-12(10-21)16-18(24)17(23)15-9-14-13(11-22)5-4-6-19(14,2)7-8-20(15,16)3/h9,12,16-18,21-24H,4-8,10-11H2,1-3H3/t12-,16+,17+,18-,19+,20+/m1/s1. The van der Waals surface area contributed by atoms with Gasteiger partial charge in [-0.05, 0) is 65.6 Å². The van der Waals surface area contributed by atoms with E-state index in [1.54, 1.807) is 0 Å². The minimum Gasteiger partial charge on any atom is -0.396 e. The number of aliphatic hydroxyl groups is 4. The second kappa shape index (κ2) is 6.24. The van der Waals surface area contributed by atoms with Crippen molar-refractivity contribution in [1.29, 1.82) is 0 Å². The van der Waals surface area contributed by atoms with Crippen LogP contribution in [0.5, 0.6) is 0 Å². The smallest absolute Gasteiger partial charge is 0.102 e. The Balaban J connectivity index is 2.14. The second-order valence-corrected chi connectivity index (χ2v) is 8.73. The molecule has 3 aliphatic carbocycles. The summed E-state index contributed by atoms with van der Waals surface area (Å²) in [6, 6.07) is 0. The van der Waals surface area contributed by atoms with Gasteiger partial charge >= 0.3 is 0 Å². The largest absolute Gasteiger partial charge is 0.396 e. The molecule has 0 bridgehead atoms. The molecule has 4 nitrogen and oxygen atoms in total. The summed E-state index contributed by atoms with van der Waals surface area (Å²) in [6.45, 7) is 6.44. The molecular weight excluding hydrogens is 304 g/mol. The third-order valence-corrected chi connectivity index (χ3v) is 7.23.